The summed E-state index contributed by atoms with van der Waals surface area (Å²) in [5, 5.41) is 4.66. The minimum Gasteiger partial charge on any atom is -0.311 e. The van der Waals surface area contributed by atoms with Gasteiger partial charge in [-0.25, -0.2) is 0 Å². The monoisotopic (exact) mass is 227 g/mol. The molecule has 0 heterocycles. The molecular formula is C13H25NS. The van der Waals surface area contributed by atoms with Crippen LogP contribution in [-0.4, -0.2) is 23.1 Å². The number of thioether (sulfide) groups is 1. The van der Waals surface area contributed by atoms with Crippen LogP contribution in [0, 0.1) is 0 Å². The maximum absolute atomic E-state index is 3.77. The summed E-state index contributed by atoms with van der Waals surface area (Å²) in [5.74, 6) is 1.27. The first kappa shape index (κ1) is 13.1. The van der Waals surface area contributed by atoms with Gasteiger partial charge in [-0.3, -0.25) is 0 Å². The average molecular weight is 227 g/mol. The molecule has 0 spiro atoms. The summed E-state index contributed by atoms with van der Waals surface area (Å²) in [6.07, 6.45) is 8.53. The van der Waals surface area contributed by atoms with E-state index < -0.39 is 0 Å². The van der Waals surface area contributed by atoms with E-state index >= 15 is 0 Å². The molecule has 1 aliphatic carbocycles. The van der Waals surface area contributed by atoms with Crippen molar-refractivity contribution in [2.45, 2.75) is 63.3 Å². The molecule has 1 fully saturated rings. The molecule has 2 heteroatoms. The Morgan fingerprint density at radius 1 is 1.53 bits per heavy atom. The minimum absolute atomic E-state index is 0.651. The Bertz CT molecular complexity index is 181. The largest absolute Gasteiger partial charge is 0.311 e. The maximum Gasteiger partial charge on any atom is 0.00804 e. The van der Waals surface area contributed by atoms with Gasteiger partial charge >= 0.3 is 0 Å². The molecule has 0 radical (unpaired) electrons. The van der Waals surface area contributed by atoms with Crippen LogP contribution in [0.2, 0.25) is 0 Å². The summed E-state index contributed by atoms with van der Waals surface area (Å²) in [6.45, 7) is 8.33. The van der Waals surface area contributed by atoms with Gasteiger partial charge in [-0.05, 0) is 44.8 Å². The molecule has 0 aromatic heterocycles. The van der Waals surface area contributed by atoms with Crippen molar-refractivity contribution in [2.24, 2.45) is 0 Å². The highest BCUT2D eigenvalue weighted by molar-refractivity contribution is 7.99. The number of allylic oxidation sites excluding steroid dienone is 1. The van der Waals surface area contributed by atoms with Crippen molar-refractivity contribution in [3.8, 4) is 0 Å². The standard InChI is InChI=1S/C13H25NS/c1-4-6-7-11(3)14-12-8-9-13(10-12)15-5-2/h4,11-14H,1,5-10H2,2-3H3. The van der Waals surface area contributed by atoms with Gasteiger partial charge < -0.3 is 5.32 Å². The van der Waals surface area contributed by atoms with Gasteiger partial charge in [-0.1, -0.05) is 13.0 Å². The normalized spacial score (nSPS) is 27.9. The van der Waals surface area contributed by atoms with E-state index in [0.29, 0.717) is 6.04 Å². The first-order valence-corrected chi connectivity index (χ1v) is 7.29. The van der Waals surface area contributed by atoms with Crippen LogP contribution < -0.4 is 5.32 Å². The molecule has 0 saturated heterocycles. The smallest absolute Gasteiger partial charge is 0.00804 e. The second kappa shape index (κ2) is 7.34. The molecule has 0 amide bonds. The van der Waals surface area contributed by atoms with E-state index in [0.717, 1.165) is 17.7 Å². The molecule has 88 valence electrons. The summed E-state index contributed by atoms with van der Waals surface area (Å²) in [7, 11) is 0. The van der Waals surface area contributed by atoms with Crippen LogP contribution in [0.3, 0.4) is 0 Å². The summed E-state index contributed by atoms with van der Waals surface area (Å²) < 4.78 is 0. The zero-order chi connectivity index (χ0) is 11.1. The number of nitrogens with one attached hydrogen (secondary N) is 1. The summed E-state index contributed by atoms with van der Waals surface area (Å²) in [4.78, 5) is 0. The van der Waals surface area contributed by atoms with E-state index in [4.69, 9.17) is 0 Å². The topological polar surface area (TPSA) is 12.0 Å². The highest BCUT2D eigenvalue weighted by Gasteiger charge is 2.24. The maximum atomic E-state index is 3.77. The third kappa shape index (κ3) is 5.07. The van der Waals surface area contributed by atoms with Gasteiger partial charge in [0.2, 0.25) is 0 Å². The lowest BCUT2D eigenvalue weighted by Crippen LogP contribution is -2.34. The van der Waals surface area contributed by atoms with Crippen molar-refractivity contribution in [3.63, 3.8) is 0 Å². The average Bonchev–Trinajstić information content (AvgIpc) is 2.63. The summed E-state index contributed by atoms with van der Waals surface area (Å²) in [5.41, 5.74) is 0. The van der Waals surface area contributed by atoms with E-state index in [1.807, 2.05) is 6.08 Å². The van der Waals surface area contributed by atoms with Crippen molar-refractivity contribution in [1.82, 2.24) is 5.32 Å². The van der Waals surface area contributed by atoms with Crippen molar-refractivity contribution in [3.05, 3.63) is 12.7 Å². The van der Waals surface area contributed by atoms with Gasteiger partial charge in [0.15, 0.2) is 0 Å². The Morgan fingerprint density at radius 3 is 3.00 bits per heavy atom. The molecule has 3 atom stereocenters. The van der Waals surface area contributed by atoms with Gasteiger partial charge in [0.25, 0.3) is 0 Å². The van der Waals surface area contributed by atoms with E-state index in [1.54, 1.807) is 0 Å². The van der Waals surface area contributed by atoms with Gasteiger partial charge in [0.05, 0.1) is 0 Å². The molecule has 0 bridgehead atoms. The lowest BCUT2D eigenvalue weighted by molar-refractivity contribution is 0.434. The highest BCUT2D eigenvalue weighted by Crippen LogP contribution is 2.29. The molecule has 0 aromatic carbocycles. The van der Waals surface area contributed by atoms with Crippen molar-refractivity contribution < 1.29 is 0 Å². The lowest BCUT2D eigenvalue weighted by atomic mass is 10.1. The lowest BCUT2D eigenvalue weighted by Gasteiger charge is -2.19. The molecule has 0 aromatic rings. The highest BCUT2D eigenvalue weighted by atomic mass is 32.2. The predicted octanol–water partition coefficient (Wildman–Crippen LogP) is 3.60. The zero-order valence-electron chi connectivity index (χ0n) is 10.2. The van der Waals surface area contributed by atoms with E-state index in [-0.39, 0.29) is 0 Å². The molecule has 1 aliphatic rings. The molecule has 3 unspecified atom stereocenters. The predicted molar refractivity (Wildman–Crippen MR) is 71.6 cm³/mol. The van der Waals surface area contributed by atoms with Gasteiger partial charge in [-0.15, -0.1) is 6.58 Å². The Hall–Kier alpha value is 0.0500. The van der Waals surface area contributed by atoms with Crippen LogP contribution in [0.5, 0.6) is 0 Å². The fourth-order valence-electron chi connectivity index (χ4n) is 2.33. The van der Waals surface area contributed by atoms with E-state index in [2.05, 4.69) is 37.5 Å². The van der Waals surface area contributed by atoms with Gasteiger partial charge in [0.1, 0.15) is 0 Å². The van der Waals surface area contributed by atoms with E-state index in [9.17, 15) is 0 Å². The molecule has 1 nitrogen and oxygen atoms in total. The zero-order valence-corrected chi connectivity index (χ0v) is 11.0. The summed E-state index contributed by atoms with van der Waals surface area (Å²) >= 11 is 2.13. The van der Waals surface area contributed by atoms with Crippen molar-refractivity contribution in [1.29, 1.82) is 0 Å². The molecule has 15 heavy (non-hydrogen) atoms. The fraction of sp³-hybridized carbons (Fsp3) is 0.846. The first-order valence-electron chi connectivity index (χ1n) is 6.24. The van der Waals surface area contributed by atoms with Gasteiger partial charge in [0, 0.05) is 17.3 Å². The third-order valence-electron chi connectivity index (χ3n) is 3.11. The number of hydrogen-bond acceptors (Lipinski definition) is 2. The van der Waals surface area contributed by atoms with Gasteiger partial charge in [-0.2, -0.15) is 11.8 Å². The number of hydrogen-bond donors (Lipinski definition) is 1. The van der Waals surface area contributed by atoms with E-state index in [1.165, 1.54) is 31.4 Å². The third-order valence-corrected chi connectivity index (χ3v) is 4.34. The molecule has 1 rings (SSSR count). The molecular weight excluding hydrogens is 202 g/mol. The number of rotatable bonds is 7. The van der Waals surface area contributed by atoms with Crippen LogP contribution in [0.4, 0.5) is 0 Å². The van der Waals surface area contributed by atoms with Crippen LogP contribution in [-0.2, 0) is 0 Å². The Morgan fingerprint density at radius 2 is 2.33 bits per heavy atom. The SMILES string of the molecule is C=CCCC(C)NC1CCC(SCC)C1. The molecule has 0 aliphatic heterocycles. The fourth-order valence-corrected chi connectivity index (χ4v) is 3.47. The van der Waals surface area contributed by atoms with Crippen LogP contribution in [0.15, 0.2) is 12.7 Å². The second-order valence-corrected chi connectivity index (χ2v) is 6.10. The molecule has 1 saturated carbocycles. The first-order chi connectivity index (χ1) is 7.26. The second-order valence-electron chi connectivity index (χ2n) is 4.52. The molecule has 1 N–H and O–H groups in total. The van der Waals surface area contributed by atoms with Crippen LogP contribution in [0.25, 0.3) is 0 Å². The van der Waals surface area contributed by atoms with Crippen LogP contribution in [0.1, 0.15) is 46.0 Å². The minimum atomic E-state index is 0.651. The van der Waals surface area contributed by atoms with Crippen molar-refractivity contribution in [2.75, 3.05) is 5.75 Å². The Balaban J connectivity index is 2.14. The Kier molecular flexibility index (Phi) is 6.42. The Labute approximate surface area is 99.1 Å². The van der Waals surface area contributed by atoms with Crippen molar-refractivity contribution >= 4 is 11.8 Å². The van der Waals surface area contributed by atoms with Crippen LogP contribution >= 0.6 is 11.8 Å². The quantitative estimate of drug-likeness (QED) is 0.667. The summed E-state index contributed by atoms with van der Waals surface area (Å²) in [6, 6.07) is 1.42.